The Morgan fingerprint density at radius 1 is 1.19 bits per heavy atom. The minimum atomic E-state index is -0.515. The third-order valence-corrected chi connectivity index (χ3v) is 6.47. The number of amides is 2. The lowest BCUT2D eigenvalue weighted by atomic mass is 9.85. The summed E-state index contributed by atoms with van der Waals surface area (Å²) in [5.41, 5.74) is 0.945. The number of alkyl carbamates (subject to hydrolysis) is 1. The highest BCUT2D eigenvalue weighted by atomic mass is 16.7. The SMILES string of the molecule is CCCCNC(=O)O[C@@H](C)/C=C\C(=O)NC1COC(C/C=C(C)/C=C/[C@@H]2C[C@]3(CO3)CC(C)(C)O2)OC1. The topological polar surface area (TPSA) is 108 Å². The van der Waals surface area contributed by atoms with Crippen molar-refractivity contribution in [2.45, 2.75) is 102 Å². The van der Waals surface area contributed by atoms with Crippen molar-refractivity contribution in [1.29, 1.82) is 0 Å². The van der Waals surface area contributed by atoms with Crippen molar-refractivity contribution >= 4 is 12.0 Å². The molecule has 9 nitrogen and oxygen atoms in total. The summed E-state index contributed by atoms with van der Waals surface area (Å²) in [6, 6.07) is -0.240. The van der Waals surface area contributed by atoms with Gasteiger partial charge in [-0.2, -0.15) is 0 Å². The zero-order valence-electron chi connectivity index (χ0n) is 22.9. The molecule has 37 heavy (non-hydrogen) atoms. The Kier molecular flexibility index (Phi) is 10.8. The number of carbonyl (C=O) groups excluding carboxylic acids is 2. The predicted octanol–water partition coefficient (Wildman–Crippen LogP) is 3.93. The summed E-state index contributed by atoms with van der Waals surface area (Å²) < 4.78 is 28.6. The molecule has 0 saturated carbocycles. The standard InChI is InChI=1S/C28H44N2O7/c1-6-7-14-29-26(32)36-21(3)10-12-24(31)30-22-16-33-25(34-17-22)13-9-20(2)8-11-23-15-28(19-35-28)18-27(4,5)37-23/h8-12,21-23,25H,6-7,13-19H2,1-5H3,(H,29,32)(H,30,31)/b11-8+,12-10-,20-9+/t21-,22?,23+,25?,28+/m0/s1. The van der Waals surface area contributed by atoms with Crippen LogP contribution in [0.2, 0.25) is 0 Å². The highest BCUT2D eigenvalue weighted by Gasteiger charge is 2.53. The van der Waals surface area contributed by atoms with Crippen LogP contribution in [0, 0.1) is 0 Å². The van der Waals surface area contributed by atoms with Gasteiger partial charge < -0.3 is 34.3 Å². The van der Waals surface area contributed by atoms with Crippen LogP contribution in [0.3, 0.4) is 0 Å². The van der Waals surface area contributed by atoms with E-state index in [2.05, 4.69) is 42.7 Å². The van der Waals surface area contributed by atoms with Gasteiger partial charge >= 0.3 is 6.09 Å². The molecule has 3 aliphatic heterocycles. The number of nitrogens with one attached hydrogen (secondary N) is 2. The molecule has 3 atom stereocenters. The molecule has 1 spiro atoms. The minimum absolute atomic E-state index is 0.0103. The van der Waals surface area contributed by atoms with Crippen molar-refractivity contribution in [2.24, 2.45) is 0 Å². The minimum Gasteiger partial charge on any atom is -0.442 e. The van der Waals surface area contributed by atoms with Crippen molar-refractivity contribution in [3.63, 3.8) is 0 Å². The summed E-state index contributed by atoms with van der Waals surface area (Å²) in [5.74, 6) is -0.287. The second-order valence-electron chi connectivity index (χ2n) is 10.9. The van der Waals surface area contributed by atoms with E-state index in [-0.39, 0.29) is 35.5 Å². The molecule has 0 aromatic carbocycles. The molecule has 0 unspecified atom stereocenters. The van der Waals surface area contributed by atoms with Gasteiger partial charge in [-0.25, -0.2) is 4.79 Å². The average molecular weight is 521 g/mol. The molecule has 0 aromatic rings. The summed E-state index contributed by atoms with van der Waals surface area (Å²) in [4.78, 5) is 23.9. The van der Waals surface area contributed by atoms with Crippen LogP contribution >= 0.6 is 0 Å². The number of epoxide rings is 1. The van der Waals surface area contributed by atoms with Gasteiger partial charge in [-0.3, -0.25) is 4.79 Å². The third-order valence-electron chi connectivity index (χ3n) is 6.47. The van der Waals surface area contributed by atoms with Crippen LogP contribution < -0.4 is 10.6 Å². The summed E-state index contributed by atoms with van der Waals surface area (Å²) in [6.07, 6.45) is 12.2. The lowest BCUT2D eigenvalue weighted by Crippen LogP contribution is -2.46. The van der Waals surface area contributed by atoms with Gasteiger partial charge in [0.05, 0.1) is 43.2 Å². The lowest BCUT2D eigenvalue weighted by molar-refractivity contribution is -0.187. The zero-order valence-corrected chi connectivity index (χ0v) is 22.9. The van der Waals surface area contributed by atoms with Crippen molar-refractivity contribution in [3.8, 4) is 0 Å². The Balaban J connectivity index is 1.32. The van der Waals surface area contributed by atoms with Gasteiger partial charge in [0.25, 0.3) is 0 Å². The maximum Gasteiger partial charge on any atom is 0.407 e. The molecule has 0 aromatic heterocycles. The quantitative estimate of drug-likeness (QED) is 0.184. The van der Waals surface area contributed by atoms with E-state index in [0.717, 1.165) is 37.9 Å². The molecule has 3 heterocycles. The Hall–Kier alpha value is -2.20. The summed E-state index contributed by atoms with van der Waals surface area (Å²) in [6.45, 7) is 12.2. The van der Waals surface area contributed by atoms with Crippen molar-refractivity contribution < 1.29 is 33.3 Å². The van der Waals surface area contributed by atoms with Gasteiger partial charge in [-0.05, 0) is 40.2 Å². The summed E-state index contributed by atoms with van der Waals surface area (Å²) >= 11 is 0. The monoisotopic (exact) mass is 520 g/mol. The van der Waals surface area contributed by atoms with Crippen LogP contribution in [0.4, 0.5) is 4.79 Å². The van der Waals surface area contributed by atoms with E-state index in [9.17, 15) is 9.59 Å². The molecule has 0 bridgehead atoms. The zero-order chi connectivity index (χ0) is 26.9. The number of hydrogen-bond donors (Lipinski definition) is 2. The highest BCUT2D eigenvalue weighted by Crippen LogP contribution is 2.46. The first-order valence-corrected chi connectivity index (χ1v) is 13.4. The molecule has 2 N–H and O–H groups in total. The summed E-state index contributed by atoms with van der Waals surface area (Å²) in [5, 5.41) is 5.52. The molecule has 0 aliphatic carbocycles. The average Bonchev–Trinajstić information content (AvgIpc) is 3.57. The lowest BCUT2D eigenvalue weighted by Gasteiger charge is -2.38. The van der Waals surface area contributed by atoms with Crippen LogP contribution in [-0.4, -0.2) is 74.1 Å². The predicted molar refractivity (Wildman–Crippen MR) is 140 cm³/mol. The second-order valence-corrected chi connectivity index (χ2v) is 10.9. The number of ether oxygens (including phenoxy) is 5. The van der Waals surface area contributed by atoms with Gasteiger partial charge in [0.15, 0.2) is 6.29 Å². The number of hydrogen-bond acceptors (Lipinski definition) is 7. The first kappa shape index (κ1) is 29.4. The van der Waals surface area contributed by atoms with Crippen LogP contribution in [0.5, 0.6) is 0 Å². The molecule has 9 heteroatoms. The largest absolute Gasteiger partial charge is 0.442 e. The maximum atomic E-state index is 12.2. The molecule has 3 rings (SSSR count). The van der Waals surface area contributed by atoms with E-state index in [0.29, 0.717) is 26.2 Å². The smallest absolute Gasteiger partial charge is 0.407 e. The fraction of sp³-hybridized carbons (Fsp3) is 0.714. The van der Waals surface area contributed by atoms with Crippen LogP contribution in [0.25, 0.3) is 0 Å². The molecule has 2 amide bonds. The summed E-state index contributed by atoms with van der Waals surface area (Å²) in [7, 11) is 0. The van der Waals surface area contributed by atoms with E-state index < -0.39 is 12.2 Å². The van der Waals surface area contributed by atoms with Gasteiger partial charge in [0.1, 0.15) is 6.10 Å². The van der Waals surface area contributed by atoms with E-state index in [4.69, 9.17) is 23.7 Å². The van der Waals surface area contributed by atoms with E-state index >= 15 is 0 Å². The Morgan fingerprint density at radius 3 is 2.59 bits per heavy atom. The van der Waals surface area contributed by atoms with Crippen molar-refractivity contribution in [1.82, 2.24) is 10.6 Å². The van der Waals surface area contributed by atoms with E-state index in [1.54, 1.807) is 13.0 Å². The maximum absolute atomic E-state index is 12.2. The first-order chi connectivity index (χ1) is 17.6. The van der Waals surface area contributed by atoms with Crippen LogP contribution in [0.15, 0.2) is 36.0 Å². The van der Waals surface area contributed by atoms with Gasteiger partial charge in [0, 0.05) is 31.9 Å². The molecule has 0 radical (unpaired) electrons. The number of unbranched alkanes of at least 4 members (excludes halogenated alkanes) is 1. The highest BCUT2D eigenvalue weighted by molar-refractivity contribution is 5.87. The normalized spacial score (nSPS) is 30.4. The first-order valence-electron chi connectivity index (χ1n) is 13.4. The van der Waals surface area contributed by atoms with E-state index in [1.165, 1.54) is 6.08 Å². The third kappa shape index (κ3) is 10.6. The van der Waals surface area contributed by atoms with E-state index in [1.807, 2.05) is 13.8 Å². The molecule has 3 fully saturated rings. The molecule has 3 aliphatic rings. The van der Waals surface area contributed by atoms with Crippen LogP contribution in [0.1, 0.15) is 66.7 Å². The number of carbonyl (C=O) groups is 2. The molecule has 3 saturated heterocycles. The van der Waals surface area contributed by atoms with Gasteiger partial charge in [-0.15, -0.1) is 0 Å². The van der Waals surface area contributed by atoms with Crippen LogP contribution in [-0.2, 0) is 28.5 Å². The second kappa shape index (κ2) is 13.6. The van der Waals surface area contributed by atoms with Gasteiger partial charge in [0.2, 0.25) is 5.91 Å². The molecular weight excluding hydrogens is 476 g/mol. The molecule has 208 valence electrons. The number of allylic oxidation sites excluding steroid dienone is 2. The Morgan fingerprint density at radius 2 is 1.92 bits per heavy atom. The van der Waals surface area contributed by atoms with Crippen molar-refractivity contribution in [3.05, 3.63) is 36.0 Å². The fourth-order valence-corrected chi connectivity index (χ4v) is 4.60. The van der Waals surface area contributed by atoms with Crippen molar-refractivity contribution in [2.75, 3.05) is 26.4 Å². The number of rotatable bonds is 11. The fourth-order valence-electron chi connectivity index (χ4n) is 4.60. The molecular formula is C28H44N2O7. The van der Waals surface area contributed by atoms with Gasteiger partial charge in [-0.1, -0.05) is 37.1 Å². The Bertz CT molecular complexity index is 849. The Labute approximate surface area is 220 Å².